The maximum absolute atomic E-state index is 14.4. The lowest BCUT2D eigenvalue weighted by Crippen LogP contribution is -2.75. The summed E-state index contributed by atoms with van der Waals surface area (Å²) in [5, 5.41) is 14.2. The van der Waals surface area contributed by atoms with Gasteiger partial charge < -0.3 is 19.8 Å². The van der Waals surface area contributed by atoms with Gasteiger partial charge in [0.1, 0.15) is 23.8 Å². The van der Waals surface area contributed by atoms with E-state index in [-0.39, 0.29) is 61.9 Å². The molecule has 2 aliphatic heterocycles. The lowest BCUT2D eigenvalue weighted by Gasteiger charge is -2.55. The quantitative estimate of drug-likeness (QED) is 0.318. The van der Waals surface area contributed by atoms with Crippen molar-refractivity contribution in [3.8, 4) is 5.75 Å². The van der Waals surface area contributed by atoms with Crippen molar-refractivity contribution in [1.29, 1.82) is 0 Å². The molecule has 0 radical (unpaired) electrons. The number of piperazine rings is 1. The maximum Gasteiger partial charge on any atom is 0.246 e. The Kier molecular flexibility index (Phi) is 8.64. The van der Waals surface area contributed by atoms with Gasteiger partial charge in [-0.2, -0.15) is 0 Å². The molecule has 1 aromatic heterocycles. The monoisotopic (exact) mass is 620 g/mol. The third-order valence-corrected chi connectivity index (χ3v) is 8.97. The van der Waals surface area contributed by atoms with Crippen LogP contribution in [-0.2, 0) is 27.3 Å². The van der Waals surface area contributed by atoms with E-state index in [1.165, 1.54) is 0 Å². The second-order valence-corrected chi connectivity index (χ2v) is 12.5. The number of phenolic OH excluding ortho intramolecular Hbond substituents is 1. The number of rotatable bonds is 8. The number of benzene rings is 3. The molecular formula is C36H40N6O4. The molecule has 1 unspecified atom stereocenters. The van der Waals surface area contributed by atoms with Crippen molar-refractivity contribution in [1.82, 2.24) is 24.8 Å². The highest BCUT2D eigenvalue weighted by Gasteiger charge is 2.50. The van der Waals surface area contributed by atoms with E-state index >= 15 is 0 Å². The van der Waals surface area contributed by atoms with E-state index in [0.29, 0.717) is 0 Å². The molecule has 2 aliphatic rings. The van der Waals surface area contributed by atoms with Crippen LogP contribution >= 0.6 is 0 Å². The number of carbonyl (C=O) groups excluding carboxylic acids is 3. The van der Waals surface area contributed by atoms with E-state index in [1.807, 2.05) is 80.5 Å². The molecule has 4 aromatic rings. The standard InChI is InChI=1S/C36H40N6O4/c1-24(26-10-6-5-7-11-26)18-33(44)42-32-22-40(21-28-20-27-12-8-9-13-30(27)37-35(28)38(2)3)36(46)31(41(32)34(45)23-39(42)4)19-25-14-16-29(43)17-15-25/h5-17,20,24,31-32,43H,18-19,21-23H2,1-4H3/t24-,31-,32?/m0/s1. The Hall–Kier alpha value is -4.96. The first-order valence-corrected chi connectivity index (χ1v) is 15.6. The minimum absolute atomic E-state index is 0.0132. The SMILES string of the molecule is C[C@@H](CC(=O)N1C2CN(Cc3cc4ccccc4nc3N(C)C)C(=O)[C@H](Cc3ccc(O)cc3)N2C(=O)CN1C)c1ccccc1. The van der Waals surface area contributed by atoms with E-state index in [0.717, 1.165) is 33.4 Å². The average Bonchev–Trinajstić information content (AvgIpc) is 3.03. The van der Waals surface area contributed by atoms with Crippen LogP contribution in [0, 0.1) is 0 Å². The Labute approximate surface area is 269 Å². The highest BCUT2D eigenvalue weighted by Crippen LogP contribution is 2.32. The predicted molar refractivity (Wildman–Crippen MR) is 177 cm³/mol. The van der Waals surface area contributed by atoms with Gasteiger partial charge in [0.25, 0.3) is 0 Å². The number of hydrogen-bond acceptors (Lipinski definition) is 7. The predicted octanol–water partition coefficient (Wildman–Crippen LogP) is 4.00. The molecule has 0 saturated carbocycles. The number of hydrogen-bond donors (Lipinski definition) is 1. The van der Waals surface area contributed by atoms with Crippen LogP contribution in [0.2, 0.25) is 0 Å². The van der Waals surface area contributed by atoms with Crippen LogP contribution in [0.15, 0.2) is 84.9 Å². The van der Waals surface area contributed by atoms with Gasteiger partial charge in [-0.25, -0.2) is 9.99 Å². The van der Waals surface area contributed by atoms with Crippen LogP contribution in [-0.4, -0.2) is 94.1 Å². The van der Waals surface area contributed by atoms with E-state index in [2.05, 4.69) is 6.07 Å². The topological polar surface area (TPSA) is 101 Å². The number of aromatic hydroxyl groups is 1. The lowest BCUT2D eigenvalue weighted by molar-refractivity contribution is -0.203. The zero-order valence-electron chi connectivity index (χ0n) is 26.7. The molecule has 10 heteroatoms. The molecule has 2 saturated heterocycles. The number of nitrogens with zero attached hydrogens (tertiary/aromatic N) is 6. The lowest BCUT2D eigenvalue weighted by atomic mass is 9.96. The molecule has 46 heavy (non-hydrogen) atoms. The van der Waals surface area contributed by atoms with Crippen LogP contribution < -0.4 is 4.90 Å². The zero-order chi connectivity index (χ0) is 32.5. The number of fused-ring (bicyclic) bond motifs is 2. The van der Waals surface area contributed by atoms with Gasteiger partial charge in [0.15, 0.2) is 0 Å². The summed E-state index contributed by atoms with van der Waals surface area (Å²) in [5.41, 5.74) is 3.61. The number of para-hydroxylation sites is 1. The first-order valence-electron chi connectivity index (χ1n) is 15.6. The summed E-state index contributed by atoms with van der Waals surface area (Å²) in [6.07, 6.45) is -0.179. The van der Waals surface area contributed by atoms with Gasteiger partial charge in [0, 0.05) is 51.5 Å². The van der Waals surface area contributed by atoms with E-state index in [1.54, 1.807) is 51.1 Å². The summed E-state index contributed by atoms with van der Waals surface area (Å²) in [6, 6.07) is 25.7. The molecule has 3 atom stereocenters. The number of phenols is 1. The molecule has 3 aromatic carbocycles. The first kappa shape index (κ1) is 31.0. The average molecular weight is 621 g/mol. The molecule has 0 bridgehead atoms. The van der Waals surface area contributed by atoms with Crippen LogP contribution in [0.4, 0.5) is 5.82 Å². The molecule has 3 heterocycles. The Balaban J connectivity index is 1.37. The normalized spacial score (nSPS) is 19.3. The molecule has 6 rings (SSSR count). The molecule has 2 fully saturated rings. The third kappa shape index (κ3) is 6.12. The fourth-order valence-corrected chi connectivity index (χ4v) is 6.68. The second kappa shape index (κ2) is 12.8. The van der Waals surface area contributed by atoms with Crippen molar-refractivity contribution < 1.29 is 19.5 Å². The fourth-order valence-electron chi connectivity index (χ4n) is 6.68. The van der Waals surface area contributed by atoms with Gasteiger partial charge in [-0.05, 0) is 41.3 Å². The summed E-state index contributed by atoms with van der Waals surface area (Å²) in [4.78, 5) is 52.4. The van der Waals surface area contributed by atoms with Gasteiger partial charge in [0.2, 0.25) is 17.7 Å². The van der Waals surface area contributed by atoms with Crippen LogP contribution in [0.25, 0.3) is 10.9 Å². The van der Waals surface area contributed by atoms with E-state index in [4.69, 9.17) is 4.98 Å². The third-order valence-electron chi connectivity index (χ3n) is 8.97. The Morgan fingerprint density at radius 3 is 2.41 bits per heavy atom. The van der Waals surface area contributed by atoms with E-state index in [9.17, 15) is 19.5 Å². The molecule has 3 amide bonds. The van der Waals surface area contributed by atoms with Gasteiger partial charge in [-0.1, -0.05) is 67.6 Å². The summed E-state index contributed by atoms with van der Waals surface area (Å²) in [7, 11) is 5.61. The van der Waals surface area contributed by atoms with Crippen molar-refractivity contribution in [2.24, 2.45) is 0 Å². The second-order valence-electron chi connectivity index (χ2n) is 12.5. The molecule has 0 aliphatic carbocycles. The van der Waals surface area contributed by atoms with Crippen molar-refractivity contribution in [2.45, 2.75) is 44.4 Å². The highest BCUT2D eigenvalue weighted by molar-refractivity contribution is 5.92. The minimum atomic E-state index is -0.831. The number of carbonyl (C=O) groups is 3. The number of anilines is 1. The number of amides is 3. The number of pyridine rings is 1. The minimum Gasteiger partial charge on any atom is -0.508 e. The fraction of sp³-hybridized carbons (Fsp3) is 0.333. The molecule has 1 N–H and O–H groups in total. The molecule has 238 valence electrons. The van der Waals surface area contributed by atoms with Gasteiger partial charge in [0.05, 0.1) is 18.6 Å². The highest BCUT2D eigenvalue weighted by atomic mass is 16.3. The summed E-state index contributed by atoms with van der Waals surface area (Å²) < 4.78 is 0. The van der Waals surface area contributed by atoms with Crippen molar-refractivity contribution in [3.05, 3.63) is 102 Å². The first-order chi connectivity index (χ1) is 22.1. The van der Waals surface area contributed by atoms with Crippen molar-refractivity contribution in [3.63, 3.8) is 0 Å². The van der Waals surface area contributed by atoms with Gasteiger partial charge >= 0.3 is 0 Å². The maximum atomic E-state index is 14.4. The van der Waals surface area contributed by atoms with Crippen LogP contribution in [0.5, 0.6) is 5.75 Å². The Bertz CT molecular complexity index is 1740. The van der Waals surface area contributed by atoms with Crippen molar-refractivity contribution in [2.75, 3.05) is 39.1 Å². The summed E-state index contributed by atoms with van der Waals surface area (Å²) >= 11 is 0. The summed E-state index contributed by atoms with van der Waals surface area (Å²) in [5.74, 6) is 0.341. The number of likely N-dealkylation sites (N-methyl/N-ethyl adjacent to an activating group) is 1. The van der Waals surface area contributed by atoms with Gasteiger partial charge in [-0.3, -0.25) is 19.4 Å². The molecule has 10 nitrogen and oxygen atoms in total. The van der Waals surface area contributed by atoms with E-state index < -0.39 is 12.2 Å². The Morgan fingerprint density at radius 2 is 1.70 bits per heavy atom. The summed E-state index contributed by atoms with van der Waals surface area (Å²) in [6.45, 7) is 2.44. The molecule has 0 spiro atoms. The largest absolute Gasteiger partial charge is 0.508 e. The van der Waals surface area contributed by atoms with Crippen molar-refractivity contribution >= 4 is 34.4 Å². The number of aromatic nitrogens is 1. The molecular weight excluding hydrogens is 580 g/mol. The number of hydrazine groups is 1. The van der Waals surface area contributed by atoms with Gasteiger partial charge in [-0.15, -0.1) is 0 Å². The zero-order valence-corrected chi connectivity index (χ0v) is 26.7. The Morgan fingerprint density at radius 1 is 1.00 bits per heavy atom. The van der Waals surface area contributed by atoms with Crippen LogP contribution in [0.1, 0.15) is 36.0 Å². The smallest absolute Gasteiger partial charge is 0.246 e. The van der Waals surface area contributed by atoms with Crippen LogP contribution in [0.3, 0.4) is 0 Å².